The number of rotatable bonds is 6. The molecule has 2 aromatic rings. The van der Waals surface area contributed by atoms with Crippen LogP contribution in [0.4, 0.5) is 5.69 Å². The maximum absolute atomic E-state index is 12.5. The SMILES string of the molecule is CN(Cc1cccc([N+](=O)[O-])c1)C(=O)c1ccc(C(=O)NC2CC2)cc1. The van der Waals surface area contributed by atoms with Crippen LogP contribution in [0.5, 0.6) is 0 Å². The summed E-state index contributed by atoms with van der Waals surface area (Å²) in [5, 5.41) is 13.7. The zero-order chi connectivity index (χ0) is 18.7. The third-order valence-corrected chi connectivity index (χ3v) is 4.19. The maximum atomic E-state index is 12.5. The average molecular weight is 353 g/mol. The van der Waals surface area contributed by atoms with Gasteiger partial charge in [-0.25, -0.2) is 0 Å². The Balaban J connectivity index is 1.65. The first kappa shape index (κ1) is 17.6. The molecule has 0 radical (unpaired) electrons. The lowest BCUT2D eigenvalue weighted by Gasteiger charge is -2.17. The number of non-ortho nitro benzene ring substituents is 1. The predicted octanol–water partition coefficient (Wildman–Crippen LogP) is 2.76. The van der Waals surface area contributed by atoms with Gasteiger partial charge in [0.2, 0.25) is 0 Å². The summed E-state index contributed by atoms with van der Waals surface area (Å²) in [7, 11) is 1.63. The first-order valence-corrected chi connectivity index (χ1v) is 8.34. The minimum atomic E-state index is -0.462. The van der Waals surface area contributed by atoms with Crippen LogP contribution in [0, 0.1) is 10.1 Å². The summed E-state index contributed by atoms with van der Waals surface area (Å²) in [6.45, 7) is 0.254. The molecule has 0 unspecified atom stereocenters. The Labute approximate surface area is 150 Å². The van der Waals surface area contributed by atoms with E-state index < -0.39 is 4.92 Å². The molecule has 1 saturated carbocycles. The summed E-state index contributed by atoms with van der Waals surface area (Å²) in [5.41, 5.74) is 1.65. The van der Waals surface area contributed by atoms with Gasteiger partial charge < -0.3 is 10.2 Å². The highest BCUT2D eigenvalue weighted by molar-refractivity contribution is 5.97. The van der Waals surface area contributed by atoms with E-state index in [9.17, 15) is 19.7 Å². The number of hydrogen-bond acceptors (Lipinski definition) is 4. The zero-order valence-corrected chi connectivity index (χ0v) is 14.3. The number of hydrogen-bond donors (Lipinski definition) is 1. The van der Waals surface area contributed by atoms with E-state index >= 15 is 0 Å². The molecule has 0 spiro atoms. The smallest absolute Gasteiger partial charge is 0.269 e. The summed E-state index contributed by atoms with van der Waals surface area (Å²) in [6.07, 6.45) is 2.04. The van der Waals surface area contributed by atoms with E-state index in [4.69, 9.17) is 0 Å². The van der Waals surface area contributed by atoms with E-state index in [1.807, 2.05) is 0 Å². The molecule has 0 aromatic heterocycles. The number of benzene rings is 2. The minimum Gasteiger partial charge on any atom is -0.349 e. The summed E-state index contributed by atoms with van der Waals surface area (Å²) < 4.78 is 0. The fourth-order valence-corrected chi connectivity index (χ4v) is 2.60. The van der Waals surface area contributed by atoms with Gasteiger partial charge in [0.15, 0.2) is 0 Å². The molecular weight excluding hydrogens is 334 g/mol. The first-order chi connectivity index (χ1) is 12.4. The number of carbonyl (C=O) groups is 2. The lowest BCUT2D eigenvalue weighted by Crippen LogP contribution is -2.27. The number of carbonyl (C=O) groups excluding carboxylic acids is 2. The van der Waals surface area contributed by atoms with Crippen LogP contribution in [0.2, 0.25) is 0 Å². The van der Waals surface area contributed by atoms with Gasteiger partial charge in [-0.1, -0.05) is 12.1 Å². The quantitative estimate of drug-likeness (QED) is 0.638. The van der Waals surface area contributed by atoms with Gasteiger partial charge in [0.05, 0.1) is 4.92 Å². The highest BCUT2D eigenvalue weighted by atomic mass is 16.6. The number of nitrogens with one attached hydrogen (secondary N) is 1. The van der Waals surface area contributed by atoms with Gasteiger partial charge in [0.25, 0.3) is 17.5 Å². The molecule has 1 N–H and O–H groups in total. The molecule has 0 atom stereocenters. The molecule has 1 fully saturated rings. The van der Waals surface area contributed by atoms with Crippen LogP contribution >= 0.6 is 0 Å². The van der Waals surface area contributed by atoms with E-state index in [0.29, 0.717) is 16.7 Å². The molecule has 0 aliphatic heterocycles. The monoisotopic (exact) mass is 353 g/mol. The van der Waals surface area contributed by atoms with Gasteiger partial charge in [0.1, 0.15) is 0 Å². The van der Waals surface area contributed by atoms with Gasteiger partial charge >= 0.3 is 0 Å². The molecule has 2 amide bonds. The molecule has 7 heteroatoms. The molecular formula is C19H19N3O4. The predicted molar refractivity (Wildman–Crippen MR) is 95.8 cm³/mol. The van der Waals surface area contributed by atoms with Crippen molar-refractivity contribution in [2.24, 2.45) is 0 Å². The maximum Gasteiger partial charge on any atom is 0.269 e. The number of nitro benzene ring substituents is 1. The second kappa shape index (κ2) is 7.35. The Kier molecular flexibility index (Phi) is 4.97. The van der Waals surface area contributed by atoms with Crippen molar-refractivity contribution in [1.82, 2.24) is 10.2 Å². The third-order valence-electron chi connectivity index (χ3n) is 4.19. The molecule has 1 aliphatic carbocycles. The Bertz CT molecular complexity index is 844. The molecule has 2 aromatic carbocycles. The number of nitrogens with zero attached hydrogens (tertiary/aromatic N) is 2. The van der Waals surface area contributed by atoms with Crippen LogP contribution in [-0.2, 0) is 6.54 Å². The van der Waals surface area contributed by atoms with Crippen LogP contribution in [0.15, 0.2) is 48.5 Å². The summed E-state index contributed by atoms with van der Waals surface area (Å²) in [5.74, 6) is -0.345. The van der Waals surface area contributed by atoms with E-state index in [1.165, 1.54) is 17.0 Å². The van der Waals surface area contributed by atoms with Gasteiger partial charge in [-0.15, -0.1) is 0 Å². The Morgan fingerprint density at radius 1 is 1.15 bits per heavy atom. The highest BCUT2D eigenvalue weighted by Crippen LogP contribution is 2.20. The fourth-order valence-electron chi connectivity index (χ4n) is 2.60. The van der Waals surface area contributed by atoms with E-state index in [2.05, 4.69) is 5.32 Å². The van der Waals surface area contributed by atoms with E-state index in [-0.39, 0.29) is 30.1 Å². The average Bonchev–Trinajstić information content (AvgIpc) is 3.45. The lowest BCUT2D eigenvalue weighted by molar-refractivity contribution is -0.384. The molecule has 0 heterocycles. The van der Waals surface area contributed by atoms with Crippen LogP contribution in [0.1, 0.15) is 39.1 Å². The van der Waals surface area contributed by atoms with E-state index in [0.717, 1.165) is 12.8 Å². The van der Waals surface area contributed by atoms with Gasteiger partial charge in [-0.3, -0.25) is 19.7 Å². The fraction of sp³-hybridized carbons (Fsp3) is 0.263. The van der Waals surface area contributed by atoms with Crippen molar-refractivity contribution in [3.8, 4) is 0 Å². The Hall–Kier alpha value is -3.22. The van der Waals surface area contributed by atoms with Crippen molar-refractivity contribution in [2.45, 2.75) is 25.4 Å². The molecule has 26 heavy (non-hydrogen) atoms. The standard InChI is InChI=1S/C19H19N3O4/c1-21(12-13-3-2-4-17(11-13)22(25)26)19(24)15-7-5-14(6-8-15)18(23)20-16-9-10-16/h2-8,11,16H,9-10,12H2,1H3,(H,20,23). The van der Waals surface area contributed by atoms with Crippen molar-refractivity contribution in [1.29, 1.82) is 0 Å². The van der Waals surface area contributed by atoms with Crippen molar-refractivity contribution >= 4 is 17.5 Å². The van der Waals surface area contributed by atoms with Gasteiger partial charge in [0, 0.05) is 42.9 Å². The summed E-state index contributed by atoms with van der Waals surface area (Å²) in [6, 6.07) is 13.0. The van der Waals surface area contributed by atoms with Crippen LogP contribution in [0.25, 0.3) is 0 Å². The summed E-state index contributed by atoms with van der Waals surface area (Å²) in [4.78, 5) is 36.4. The highest BCUT2D eigenvalue weighted by Gasteiger charge is 2.24. The topological polar surface area (TPSA) is 92.5 Å². The van der Waals surface area contributed by atoms with Crippen molar-refractivity contribution in [2.75, 3.05) is 7.05 Å². The normalized spacial score (nSPS) is 13.1. The molecule has 1 aliphatic rings. The molecule has 0 saturated heterocycles. The van der Waals surface area contributed by atoms with Gasteiger partial charge in [-0.05, 0) is 42.7 Å². The zero-order valence-electron chi connectivity index (χ0n) is 14.3. The molecule has 3 rings (SSSR count). The second-order valence-corrected chi connectivity index (χ2v) is 6.41. The van der Waals surface area contributed by atoms with E-state index in [1.54, 1.807) is 43.4 Å². The van der Waals surface area contributed by atoms with Crippen LogP contribution < -0.4 is 5.32 Å². The lowest BCUT2D eigenvalue weighted by atomic mass is 10.1. The third kappa shape index (κ3) is 4.24. The minimum absolute atomic E-state index is 0.00521. The Morgan fingerprint density at radius 3 is 2.42 bits per heavy atom. The summed E-state index contributed by atoms with van der Waals surface area (Å²) >= 11 is 0. The first-order valence-electron chi connectivity index (χ1n) is 8.34. The molecule has 7 nitrogen and oxygen atoms in total. The Morgan fingerprint density at radius 2 is 1.81 bits per heavy atom. The largest absolute Gasteiger partial charge is 0.349 e. The second-order valence-electron chi connectivity index (χ2n) is 6.41. The van der Waals surface area contributed by atoms with Crippen molar-refractivity contribution in [3.05, 3.63) is 75.3 Å². The van der Waals surface area contributed by atoms with Crippen molar-refractivity contribution < 1.29 is 14.5 Å². The van der Waals surface area contributed by atoms with Gasteiger partial charge in [-0.2, -0.15) is 0 Å². The van der Waals surface area contributed by atoms with Crippen LogP contribution in [-0.4, -0.2) is 34.7 Å². The molecule has 134 valence electrons. The van der Waals surface area contributed by atoms with Crippen molar-refractivity contribution in [3.63, 3.8) is 0 Å². The number of amides is 2. The van der Waals surface area contributed by atoms with Crippen LogP contribution in [0.3, 0.4) is 0 Å². The molecule has 0 bridgehead atoms. The number of nitro groups is 1.